The van der Waals surface area contributed by atoms with E-state index in [4.69, 9.17) is 0 Å². The van der Waals surface area contributed by atoms with Gasteiger partial charge in [-0.3, -0.25) is 14.5 Å². The van der Waals surface area contributed by atoms with Gasteiger partial charge in [0.15, 0.2) is 0 Å². The van der Waals surface area contributed by atoms with Crippen LogP contribution in [0.2, 0.25) is 0 Å². The fourth-order valence-electron chi connectivity index (χ4n) is 6.05. The van der Waals surface area contributed by atoms with Crippen LogP contribution in [0.4, 0.5) is 10.1 Å². The molecular formula is C29H39FN6O2. The third-order valence-electron chi connectivity index (χ3n) is 8.01. The van der Waals surface area contributed by atoms with Gasteiger partial charge in [-0.05, 0) is 36.1 Å². The third-order valence-corrected chi connectivity index (χ3v) is 8.01. The van der Waals surface area contributed by atoms with Gasteiger partial charge in [-0.15, -0.1) is 0 Å². The highest BCUT2D eigenvalue weighted by molar-refractivity contribution is 5.97. The summed E-state index contributed by atoms with van der Waals surface area (Å²) < 4.78 is 13.3. The Balaban J connectivity index is 1.33. The van der Waals surface area contributed by atoms with Gasteiger partial charge in [0.2, 0.25) is 11.8 Å². The zero-order chi connectivity index (χ0) is 27.2. The van der Waals surface area contributed by atoms with Crippen LogP contribution < -0.4 is 10.2 Å². The Labute approximate surface area is 224 Å². The van der Waals surface area contributed by atoms with Crippen molar-refractivity contribution < 1.29 is 14.0 Å². The number of aromatic nitrogens is 2. The first-order valence-corrected chi connectivity index (χ1v) is 13.6. The van der Waals surface area contributed by atoms with Crippen LogP contribution in [-0.2, 0) is 21.4 Å². The van der Waals surface area contributed by atoms with E-state index in [0.29, 0.717) is 25.9 Å². The average Bonchev–Trinajstić information content (AvgIpc) is 3.27. The van der Waals surface area contributed by atoms with E-state index >= 15 is 0 Å². The zero-order valence-electron chi connectivity index (χ0n) is 23.1. The normalized spacial score (nSPS) is 24.6. The molecule has 3 aliphatic rings. The highest BCUT2D eigenvalue weighted by Gasteiger charge is 2.42. The minimum Gasteiger partial charge on any atom is -0.341 e. The van der Waals surface area contributed by atoms with Crippen molar-refractivity contribution in [3.05, 3.63) is 53.1 Å². The lowest BCUT2D eigenvalue weighted by molar-refractivity contribution is -0.128. The van der Waals surface area contributed by atoms with Crippen molar-refractivity contribution in [2.45, 2.75) is 65.0 Å². The molecule has 2 unspecified atom stereocenters. The Morgan fingerprint density at radius 2 is 1.87 bits per heavy atom. The number of carbonyl (C=O) groups is 2. The van der Waals surface area contributed by atoms with E-state index < -0.39 is 0 Å². The number of rotatable bonds is 6. The van der Waals surface area contributed by atoms with Gasteiger partial charge < -0.3 is 15.1 Å². The molecule has 2 fully saturated rings. The summed E-state index contributed by atoms with van der Waals surface area (Å²) in [6.07, 6.45) is 1.09. The smallest absolute Gasteiger partial charge is 0.241 e. The molecule has 1 N–H and O–H groups in total. The number of benzene rings is 1. The monoisotopic (exact) mass is 522 g/mol. The molecule has 0 bridgehead atoms. The van der Waals surface area contributed by atoms with Gasteiger partial charge in [0.1, 0.15) is 5.82 Å². The minimum atomic E-state index is -0.309. The summed E-state index contributed by atoms with van der Waals surface area (Å²) in [7, 11) is 0. The van der Waals surface area contributed by atoms with Gasteiger partial charge >= 0.3 is 0 Å². The van der Waals surface area contributed by atoms with E-state index in [9.17, 15) is 14.0 Å². The van der Waals surface area contributed by atoms with E-state index in [1.54, 1.807) is 12.1 Å². The van der Waals surface area contributed by atoms with Crippen LogP contribution in [0, 0.1) is 11.2 Å². The zero-order valence-corrected chi connectivity index (χ0v) is 23.1. The summed E-state index contributed by atoms with van der Waals surface area (Å²) in [6.45, 7) is 14.3. The van der Waals surface area contributed by atoms with Crippen molar-refractivity contribution in [1.82, 2.24) is 25.3 Å². The lowest BCUT2D eigenvalue weighted by atomic mass is 9.91. The number of carbonyl (C=O) groups excluding carboxylic acids is 2. The molecule has 5 rings (SSSR count). The van der Waals surface area contributed by atoms with Crippen molar-refractivity contribution in [2.24, 2.45) is 5.41 Å². The minimum absolute atomic E-state index is 0.00931. The van der Waals surface area contributed by atoms with Crippen molar-refractivity contribution in [3.8, 4) is 0 Å². The molecule has 2 saturated heterocycles. The first-order chi connectivity index (χ1) is 17.9. The molecule has 2 atom stereocenters. The van der Waals surface area contributed by atoms with Crippen LogP contribution >= 0.6 is 0 Å². The lowest BCUT2D eigenvalue weighted by Crippen LogP contribution is -2.61. The summed E-state index contributed by atoms with van der Waals surface area (Å²) in [6, 6.07) is 8.67. The number of nitrogens with zero attached hydrogens (tertiary/aromatic N) is 5. The number of piperazine rings is 1. The molecule has 3 aliphatic heterocycles. The van der Waals surface area contributed by atoms with Gasteiger partial charge in [-0.2, -0.15) is 10.2 Å². The van der Waals surface area contributed by atoms with E-state index in [-0.39, 0.29) is 47.1 Å². The van der Waals surface area contributed by atoms with E-state index in [1.165, 1.54) is 12.1 Å². The van der Waals surface area contributed by atoms with Crippen LogP contribution in [0.15, 0.2) is 30.3 Å². The first kappa shape index (κ1) is 26.7. The summed E-state index contributed by atoms with van der Waals surface area (Å²) >= 11 is 0. The van der Waals surface area contributed by atoms with Gasteiger partial charge in [-0.25, -0.2) is 4.39 Å². The van der Waals surface area contributed by atoms with Gasteiger partial charge in [0, 0.05) is 63.1 Å². The quantitative estimate of drug-likeness (QED) is 0.629. The van der Waals surface area contributed by atoms with E-state index in [1.807, 2.05) is 15.9 Å². The first-order valence-electron chi connectivity index (χ1n) is 13.6. The number of hydrogen-bond acceptors (Lipinski definition) is 6. The average molecular weight is 523 g/mol. The number of anilines is 1. The molecule has 0 saturated carbocycles. The largest absolute Gasteiger partial charge is 0.341 e. The van der Waals surface area contributed by atoms with Crippen molar-refractivity contribution in [3.63, 3.8) is 0 Å². The molecule has 38 heavy (non-hydrogen) atoms. The van der Waals surface area contributed by atoms with Crippen LogP contribution in [0.5, 0.6) is 0 Å². The molecule has 2 amide bonds. The van der Waals surface area contributed by atoms with Gasteiger partial charge in [-0.1, -0.05) is 39.8 Å². The lowest BCUT2D eigenvalue weighted by Gasteiger charge is -2.41. The molecular weight excluding hydrogens is 483 g/mol. The highest BCUT2D eigenvalue weighted by Crippen LogP contribution is 2.39. The summed E-state index contributed by atoms with van der Waals surface area (Å²) in [5.41, 5.74) is 3.00. The van der Waals surface area contributed by atoms with Crippen LogP contribution in [-0.4, -0.2) is 83.2 Å². The Bertz CT molecular complexity index is 1210. The van der Waals surface area contributed by atoms with E-state index in [2.05, 4.69) is 55.0 Å². The Hall–Kier alpha value is -2.91. The number of halogens is 1. The molecule has 0 aliphatic carbocycles. The molecule has 1 aromatic carbocycles. The molecule has 0 spiro atoms. The second kappa shape index (κ2) is 10.0. The Morgan fingerprint density at radius 3 is 2.55 bits per heavy atom. The van der Waals surface area contributed by atoms with Crippen LogP contribution in [0.1, 0.15) is 58.0 Å². The second-order valence-corrected chi connectivity index (χ2v) is 12.7. The maximum atomic E-state index is 13.8. The van der Waals surface area contributed by atoms with Crippen LogP contribution in [0.3, 0.4) is 0 Å². The number of hydrogen-bond donors (Lipinski definition) is 1. The third kappa shape index (κ3) is 5.59. The molecule has 204 valence electrons. The fraction of sp³-hybridized carbons (Fsp3) is 0.586. The fourth-order valence-corrected chi connectivity index (χ4v) is 6.05. The highest BCUT2D eigenvalue weighted by atomic mass is 19.1. The maximum absolute atomic E-state index is 13.8. The summed E-state index contributed by atoms with van der Waals surface area (Å²) in [5.74, 6) is -0.0437. The molecule has 2 aromatic rings. The molecule has 8 nitrogen and oxygen atoms in total. The molecule has 9 heteroatoms. The standard InChI is InChI=1S/C29H39FN6O2/c1-19-14-34(23(13-31-19)15-35-17-28(2,3)12-25(35)37)16-26(38)36-18-29(4,5)27-24(36)11-22(32-33-27)10-20-6-8-21(30)9-7-20/h6-9,11,19,23,31H,10,12-18H2,1-5H3. The molecule has 1 aromatic heterocycles. The molecule has 4 heterocycles. The number of amides is 2. The predicted octanol–water partition coefficient (Wildman–Crippen LogP) is 2.75. The summed E-state index contributed by atoms with van der Waals surface area (Å²) in [4.78, 5) is 32.5. The maximum Gasteiger partial charge on any atom is 0.241 e. The van der Waals surface area contributed by atoms with Gasteiger partial charge in [0.25, 0.3) is 0 Å². The predicted molar refractivity (Wildman–Crippen MR) is 144 cm³/mol. The van der Waals surface area contributed by atoms with Crippen LogP contribution in [0.25, 0.3) is 0 Å². The second-order valence-electron chi connectivity index (χ2n) is 12.7. The SMILES string of the molecule is CC1CN(CC(=O)N2CC(C)(C)c3nnc(Cc4ccc(F)cc4)cc32)C(CN2CC(C)(C)CC2=O)CN1. The topological polar surface area (TPSA) is 81.7 Å². The number of fused-ring (bicyclic) bond motifs is 1. The van der Waals surface area contributed by atoms with Crippen molar-refractivity contribution >= 4 is 17.5 Å². The summed E-state index contributed by atoms with van der Waals surface area (Å²) in [5, 5.41) is 12.5. The molecule has 0 radical (unpaired) electrons. The Morgan fingerprint density at radius 1 is 1.13 bits per heavy atom. The van der Waals surface area contributed by atoms with E-state index in [0.717, 1.165) is 42.3 Å². The Kier molecular flexibility index (Phi) is 7.02. The van der Waals surface area contributed by atoms with Crippen molar-refractivity contribution in [1.29, 1.82) is 0 Å². The number of likely N-dealkylation sites (tertiary alicyclic amines) is 1. The number of nitrogens with one attached hydrogen (secondary N) is 1. The van der Waals surface area contributed by atoms with Gasteiger partial charge in [0.05, 0.1) is 23.6 Å². The van der Waals surface area contributed by atoms with Crippen molar-refractivity contribution in [2.75, 3.05) is 44.2 Å².